The second-order valence-electron chi connectivity index (χ2n) is 2.58. The highest BCUT2D eigenvalue weighted by Gasteiger charge is 2.10. The van der Waals surface area contributed by atoms with Gasteiger partial charge in [0.15, 0.2) is 5.78 Å². The number of rotatable bonds is 3. The number of aromatic nitrogens is 1. The van der Waals surface area contributed by atoms with Crippen LogP contribution in [0.3, 0.4) is 0 Å². The van der Waals surface area contributed by atoms with Crippen LogP contribution in [0.25, 0.3) is 0 Å². The van der Waals surface area contributed by atoms with Crippen molar-refractivity contribution in [2.24, 2.45) is 0 Å². The first-order valence-electron chi connectivity index (χ1n) is 4.01. The zero-order valence-corrected chi connectivity index (χ0v) is 7.59. The first-order valence-corrected chi connectivity index (χ1v) is 4.01. The van der Waals surface area contributed by atoms with Gasteiger partial charge < -0.3 is 9.72 Å². The van der Waals surface area contributed by atoms with Crippen LogP contribution in [-0.2, 0) is 4.74 Å². The Labute approximate surface area is 75.9 Å². The second kappa shape index (κ2) is 3.89. The molecule has 0 aliphatic carbocycles. The maximum absolute atomic E-state index is 11.1. The van der Waals surface area contributed by atoms with Crippen molar-refractivity contribution >= 4 is 11.8 Å². The van der Waals surface area contributed by atoms with E-state index in [1.165, 1.54) is 19.2 Å². The SMILES string of the molecule is CCOC(=O)c1cc(C(C)=O)c[nH]1. The van der Waals surface area contributed by atoms with Gasteiger partial charge >= 0.3 is 5.97 Å². The fourth-order valence-corrected chi connectivity index (χ4v) is 0.924. The molecule has 70 valence electrons. The molecule has 0 aromatic carbocycles. The normalized spacial score (nSPS) is 9.69. The van der Waals surface area contributed by atoms with Gasteiger partial charge in [-0.25, -0.2) is 4.79 Å². The molecule has 0 atom stereocenters. The first kappa shape index (κ1) is 9.51. The molecule has 0 saturated carbocycles. The molecule has 1 aromatic heterocycles. The van der Waals surface area contributed by atoms with E-state index in [4.69, 9.17) is 4.74 Å². The Morgan fingerprint density at radius 2 is 2.23 bits per heavy atom. The van der Waals surface area contributed by atoms with Crippen molar-refractivity contribution in [3.63, 3.8) is 0 Å². The molecule has 0 spiro atoms. The third-order valence-corrected chi connectivity index (χ3v) is 1.58. The molecule has 0 saturated heterocycles. The topological polar surface area (TPSA) is 59.2 Å². The highest BCUT2D eigenvalue weighted by molar-refractivity contribution is 5.97. The lowest BCUT2D eigenvalue weighted by Crippen LogP contribution is -2.04. The molecule has 0 amide bonds. The van der Waals surface area contributed by atoms with Crippen molar-refractivity contribution in [2.75, 3.05) is 6.61 Å². The van der Waals surface area contributed by atoms with Gasteiger partial charge in [-0.2, -0.15) is 0 Å². The van der Waals surface area contributed by atoms with Crippen molar-refractivity contribution in [1.82, 2.24) is 4.98 Å². The number of carbonyl (C=O) groups is 2. The van der Waals surface area contributed by atoms with Crippen LogP contribution in [0.15, 0.2) is 12.3 Å². The Balaban J connectivity index is 2.79. The third-order valence-electron chi connectivity index (χ3n) is 1.58. The van der Waals surface area contributed by atoms with Crippen molar-refractivity contribution in [1.29, 1.82) is 0 Å². The van der Waals surface area contributed by atoms with E-state index in [-0.39, 0.29) is 5.78 Å². The minimum atomic E-state index is -0.435. The molecule has 1 heterocycles. The lowest BCUT2D eigenvalue weighted by molar-refractivity contribution is 0.0520. The number of esters is 1. The maximum atomic E-state index is 11.1. The zero-order chi connectivity index (χ0) is 9.84. The highest BCUT2D eigenvalue weighted by Crippen LogP contribution is 2.05. The van der Waals surface area contributed by atoms with Crippen LogP contribution in [0.5, 0.6) is 0 Å². The van der Waals surface area contributed by atoms with Gasteiger partial charge in [0, 0.05) is 11.8 Å². The fourth-order valence-electron chi connectivity index (χ4n) is 0.924. The summed E-state index contributed by atoms with van der Waals surface area (Å²) < 4.78 is 4.74. The van der Waals surface area contributed by atoms with Crippen LogP contribution >= 0.6 is 0 Å². The summed E-state index contributed by atoms with van der Waals surface area (Å²) in [6.07, 6.45) is 1.49. The van der Waals surface area contributed by atoms with E-state index < -0.39 is 5.97 Å². The molecule has 0 radical (unpaired) electrons. The number of ketones is 1. The van der Waals surface area contributed by atoms with Crippen LogP contribution in [0, 0.1) is 0 Å². The molecule has 0 unspecified atom stereocenters. The van der Waals surface area contributed by atoms with E-state index in [1.807, 2.05) is 0 Å². The number of H-pyrrole nitrogens is 1. The van der Waals surface area contributed by atoms with Gasteiger partial charge in [-0.3, -0.25) is 4.79 Å². The molecule has 0 aliphatic heterocycles. The molecule has 13 heavy (non-hydrogen) atoms. The smallest absolute Gasteiger partial charge is 0.354 e. The zero-order valence-electron chi connectivity index (χ0n) is 7.59. The number of carbonyl (C=O) groups excluding carboxylic acids is 2. The van der Waals surface area contributed by atoms with E-state index in [2.05, 4.69) is 4.98 Å². The van der Waals surface area contributed by atoms with Gasteiger partial charge in [-0.1, -0.05) is 0 Å². The standard InChI is InChI=1S/C9H11NO3/c1-3-13-9(12)8-4-7(5-10-8)6(2)11/h4-5,10H,3H2,1-2H3. The molecule has 4 nitrogen and oxygen atoms in total. The Kier molecular flexibility index (Phi) is 2.84. The molecule has 0 fully saturated rings. The first-order chi connectivity index (χ1) is 6.15. The molecule has 1 N–H and O–H groups in total. The molecule has 4 heteroatoms. The van der Waals surface area contributed by atoms with Gasteiger partial charge in [0.1, 0.15) is 5.69 Å². The summed E-state index contributed by atoms with van der Waals surface area (Å²) in [5.74, 6) is -0.512. The van der Waals surface area contributed by atoms with Gasteiger partial charge in [0.2, 0.25) is 0 Å². The lowest BCUT2D eigenvalue weighted by Gasteiger charge is -1.96. The molecule has 1 aromatic rings. The van der Waals surface area contributed by atoms with Gasteiger partial charge in [0.05, 0.1) is 6.61 Å². The van der Waals surface area contributed by atoms with E-state index >= 15 is 0 Å². The largest absolute Gasteiger partial charge is 0.461 e. The number of nitrogens with one attached hydrogen (secondary N) is 1. The highest BCUT2D eigenvalue weighted by atomic mass is 16.5. The summed E-state index contributed by atoms with van der Waals surface area (Å²) >= 11 is 0. The summed E-state index contributed by atoms with van der Waals surface area (Å²) in [6.45, 7) is 3.50. The molecule has 1 rings (SSSR count). The minimum Gasteiger partial charge on any atom is -0.461 e. The number of hydrogen-bond acceptors (Lipinski definition) is 3. The average Bonchev–Trinajstić information content (AvgIpc) is 2.52. The monoisotopic (exact) mass is 181 g/mol. The van der Waals surface area contributed by atoms with E-state index in [0.717, 1.165) is 0 Å². The summed E-state index contributed by atoms with van der Waals surface area (Å²) in [5.41, 5.74) is 0.801. The minimum absolute atomic E-state index is 0.0770. The number of hydrogen-bond donors (Lipinski definition) is 1. The van der Waals surface area contributed by atoms with E-state index in [0.29, 0.717) is 17.9 Å². The van der Waals surface area contributed by atoms with Crippen molar-refractivity contribution < 1.29 is 14.3 Å². The van der Waals surface area contributed by atoms with Crippen LogP contribution in [-0.4, -0.2) is 23.3 Å². The summed E-state index contributed by atoms with van der Waals surface area (Å²) in [6, 6.07) is 1.49. The van der Waals surface area contributed by atoms with Gasteiger partial charge in [0.25, 0.3) is 0 Å². The lowest BCUT2D eigenvalue weighted by atomic mass is 10.2. The predicted octanol–water partition coefficient (Wildman–Crippen LogP) is 1.39. The summed E-state index contributed by atoms with van der Waals surface area (Å²) in [7, 11) is 0. The average molecular weight is 181 g/mol. The Morgan fingerprint density at radius 1 is 1.54 bits per heavy atom. The Hall–Kier alpha value is -1.58. The second-order valence-corrected chi connectivity index (χ2v) is 2.58. The van der Waals surface area contributed by atoms with Crippen molar-refractivity contribution in [3.8, 4) is 0 Å². The number of ether oxygens (including phenoxy) is 1. The van der Waals surface area contributed by atoms with Gasteiger partial charge in [-0.05, 0) is 19.9 Å². The van der Waals surface area contributed by atoms with Crippen LogP contribution in [0.1, 0.15) is 34.7 Å². The molecular formula is C9H11NO3. The van der Waals surface area contributed by atoms with E-state index in [1.54, 1.807) is 6.92 Å². The van der Waals surface area contributed by atoms with Gasteiger partial charge in [-0.15, -0.1) is 0 Å². The molecular weight excluding hydrogens is 170 g/mol. The predicted molar refractivity (Wildman–Crippen MR) is 46.8 cm³/mol. The van der Waals surface area contributed by atoms with Crippen LogP contribution < -0.4 is 0 Å². The Morgan fingerprint density at radius 3 is 2.69 bits per heavy atom. The Bertz CT molecular complexity index is 327. The number of Topliss-reactive ketones (excluding diaryl/α,β-unsaturated/α-hetero) is 1. The molecule has 0 aliphatic rings. The third kappa shape index (κ3) is 2.18. The van der Waals surface area contributed by atoms with Crippen molar-refractivity contribution in [2.45, 2.75) is 13.8 Å². The number of aromatic amines is 1. The van der Waals surface area contributed by atoms with E-state index in [9.17, 15) is 9.59 Å². The van der Waals surface area contributed by atoms with Crippen molar-refractivity contribution in [3.05, 3.63) is 23.5 Å². The summed E-state index contributed by atoms with van der Waals surface area (Å²) in [4.78, 5) is 24.7. The van der Waals surface area contributed by atoms with Crippen LogP contribution in [0.4, 0.5) is 0 Å². The quantitative estimate of drug-likeness (QED) is 0.566. The van der Waals surface area contributed by atoms with Crippen LogP contribution in [0.2, 0.25) is 0 Å². The molecule has 0 bridgehead atoms. The summed E-state index contributed by atoms with van der Waals surface area (Å²) in [5, 5.41) is 0. The fraction of sp³-hybridized carbons (Fsp3) is 0.333. The maximum Gasteiger partial charge on any atom is 0.354 e.